The SMILES string of the molecule is CCCCCC(CC(C)CC)C1=CC(=O)N=N1. The fraction of sp³-hybridized carbons (Fsp3) is 0.786. The summed E-state index contributed by atoms with van der Waals surface area (Å²) >= 11 is 0. The standard InChI is InChI=1S/C14H24N2O/c1-4-6-7-8-12(9-11(3)5-2)13-10-14(17)16-15-13/h10-12H,4-9H2,1-3H3. The monoisotopic (exact) mass is 236 g/mol. The van der Waals surface area contributed by atoms with Gasteiger partial charge < -0.3 is 0 Å². The number of hydrogen-bond donors (Lipinski definition) is 0. The first-order chi connectivity index (χ1) is 8.17. The van der Waals surface area contributed by atoms with Crippen LogP contribution in [-0.2, 0) is 4.79 Å². The molecule has 1 aliphatic rings. The Morgan fingerprint density at radius 2 is 2.00 bits per heavy atom. The van der Waals surface area contributed by atoms with Gasteiger partial charge in [-0.15, -0.1) is 5.11 Å². The summed E-state index contributed by atoms with van der Waals surface area (Å²) in [7, 11) is 0. The van der Waals surface area contributed by atoms with Gasteiger partial charge in [0, 0.05) is 12.0 Å². The predicted molar refractivity (Wildman–Crippen MR) is 69.7 cm³/mol. The van der Waals surface area contributed by atoms with Gasteiger partial charge in [-0.3, -0.25) is 4.79 Å². The molecule has 1 aliphatic heterocycles. The Morgan fingerprint density at radius 3 is 2.53 bits per heavy atom. The molecule has 2 unspecified atom stereocenters. The molecule has 0 saturated heterocycles. The van der Waals surface area contributed by atoms with E-state index in [0.29, 0.717) is 11.8 Å². The first-order valence-corrected chi connectivity index (χ1v) is 6.84. The molecule has 96 valence electrons. The zero-order valence-corrected chi connectivity index (χ0v) is 11.3. The number of rotatable bonds is 8. The lowest BCUT2D eigenvalue weighted by Gasteiger charge is -2.19. The third kappa shape index (κ3) is 4.80. The van der Waals surface area contributed by atoms with E-state index in [4.69, 9.17) is 0 Å². The number of hydrogen-bond acceptors (Lipinski definition) is 2. The number of unbranched alkanes of at least 4 members (excludes halogenated alkanes) is 2. The van der Waals surface area contributed by atoms with E-state index in [1.54, 1.807) is 6.08 Å². The highest BCUT2D eigenvalue weighted by molar-refractivity contribution is 5.90. The van der Waals surface area contributed by atoms with Crippen molar-refractivity contribution in [3.05, 3.63) is 11.8 Å². The van der Waals surface area contributed by atoms with E-state index < -0.39 is 0 Å². The Kier molecular flexibility index (Phi) is 6.09. The minimum absolute atomic E-state index is 0.190. The molecule has 0 fully saturated rings. The van der Waals surface area contributed by atoms with Gasteiger partial charge in [0.1, 0.15) is 0 Å². The van der Waals surface area contributed by atoms with Crippen LogP contribution in [0.2, 0.25) is 0 Å². The second kappa shape index (κ2) is 7.36. The summed E-state index contributed by atoms with van der Waals surface area (Å²) in [6.07, 6.45) is 8.76. The van der Waals surface area contributed by atoms with Gasteiger partial charge in [0.25, 0.3) is 5.91 Å². The molecule has 0 spiro atoms. The molecule has 3 nitrogen and oxygen atoms in total. The zero-order chi connectivity index (χ0) is 12.7. The smallest absolute Gasteiger partial charge is 0.266 e. The Hall–Kier alpha value is -0.990. The molecule has 0 bridgehead atoms. The largest absolute Gasteiger partial charge is 0.290 e. The Balaban J connectivity index is 2.55. The number of nitrogens with zero attached hydrogens (tertiary/aromatic N) is 2. The molecule has 1 heterocycles. The lowest BCUT2D eigenvalue weighted by molar-refractivity contribution is -0.113. The van der Waals surface area contributed by atoms with Crippen molar-refractivity contribution >= 4 is 5.91 Å². The molecule has 3 heteroatoms. The number of allylic oxidation sites excluding steroid dienone is 1. The highest BCUT2D eigenvalue weighted by Crippen LogP contribution is 2.30. The summed E-state index contributed by atoms with van der Waals surface area (Å²) in [5.74, 6) is 0.921. The van der Waals surface area contributed by atoms with Crippen LogP contribution in [-0.4, -0.2) is 5.91 Å². The molecule has 0 aromatic carbocycles. The molecule has 0 aromatic heterocycles. The van der Waals surface area contributed by atoms with Crippen LogP contribution < -0.4 is 0 Å². The minimum Gasteiger partial charge on any atom is -0.266 e. The van der Waals surface area contributed by atoms with E-state index in [0.717, 1.165) is 18.5 Å². The summed E-state index contributed by atoms with van der Waals surface area (Å²) in [5.41, 5.74) is 0.909. The van der Waals surface area contributed by atoms with Gasteiger partial charge >= 0.3 is 0 Å². The van der Waals surface area contributed by atoms with Crippen molar-refractivity contribution in [3.8, 4) is 0 Å². The number of amides is 1. The maximum atomic E-state index is 11.1. The van der Waals surface area contributed by atoms with Crippen molar-refractivity contribution in [2.75, 3.05) is 0 Å². The Labute approximate surface area is 104 Å². The molecule has 0 aliphatic carbocycles. The van der Waals surface area contributed by atoms with Crippen molar-refractivity contribution in [1.29, 1.82) is 0 Å². The summed E-state index contributed by atoms with van der Waals surface area (Å²) in [4.78, 5) is 11.1. The summed E-state index contributed by atoms with van der Waals surface area (Å²) in [5, 5.41) is 7.61. The first kappa shape index (κ1) is 14.1. The maximum Gasteiger partial charge on any atom is 0.290 e. The van der Waals surface area contributed by atoms with Crippen molar-refractivity contribution in [2.45, 2.75) is 59.3 Å². The van der Waals surface area contributed by atoms with Crippen LogP contribution in [0.15, 0.2) is 22.0 Å². The second-order valence-corrected chi connectivity index (χ2v) is 5.05. The molecule has 0 saturated carbocycles. The third-order valence-electron chi connectivity index (χ3n) is 3.49. The molecule has 2 atom stereocenters. The van der Waals surface area contributed by atoms with Gasteiger partial charge in [0.15, 0.2) is 0 Å². The van der Waals surface area contributed by atoms with Gasteiger partial charge in [-0.05, 0) is 18.8 Å². The molecule has 0 N–H and O–H groups in total. The van der Waals surface area contributed by atoms with Crippen molar-refractivity contribution in [1.82, 2.24) is 0 Å². The summed E-state index contributed by atoms with van der Waals surface area (Å²) in [6.45, 7) is 6.69. The normalized spacial score (nSPS) is 18.3. The van der Waals surface area contributed by atoms with Crippen molar-refractivity contribution in [2.24, 2.45) is 22.1 Å². The average molecular weight is 236 g/mol. The zero-order valence-electron chi connectivity index (χ0n) is 11.3. The van der Waals surface area contributed by atoms with Gasteiger partial charge in [-0.1, -0.05) is 46.5 Å². The van der Waals surface area contributed by atoms with E-state index in [9.17, 15) is 4.79 Å². The Morgan fingerprint density at radius 1 is 1.24 bits per heavy atom. The Bertz CT molecular complexity index is 307. The van der Waals surface area contributed by atoms with Crippen molar-refractivity contribution < 1.29 is 4.79 Å². The maximum absolute atomic E-state index is 11.1. The van der Waals surface area contributed by atoms with Crippen LogP contribution in [0.1, 0.15) is 59.3 Å². The fourth-order valence-electron chi connectivity index (χ4n) is 2.17. The van der Waals surface area contributed by atoms with Crippen LogP contribution in [0, 0.1) is 11.8 Å². The van der Waals surface area contributed by atoms with Gasteiger partial charge in [-0.25, -0.2) is 0 Å². The molecule has 1 amide bonds. The number of azo groups is 1. The average Bonchev–Trinajstić information content (AvgIpc) is 2.74. The third-order valence-corrected chi connectivity index (χ3v) is 3.49. The highest BCUT2D eigenvalue weighted by Gasteiger charge is 2.20. The lowest BCUT2D eigenvalue weighted by Crippen LogP contribution is -2.08. The lowest BCUT2D eigenvalue weighted by atomic mass is 9.87. The highest BCUT2D eigenvalue weighted by atomic mass is 16.1. The van der Waals surface area contributed by atoms with Crippen LogP contribution >= 0.6 is 0 Å². The summed E-state index contributed by atoms with van der Waals surface area (Å²) < 4.78 is 0. The van der Waals surface area contributed by atoms with E-state index in [1.165, 1.54) is 25.7 Å². The van der Waals surface area contributed by atoms with E-state index in [1.807, 2.05) is 0 Å². The van der Waals surface area contributed by atoms with Gasteiger partial charge in [-0.2, -0.15) is 5.11 Å². The van der Waals surface area contributed by atoms with E-state index in [-0.39, 0.29) is 5.91 Å². The van der Waals surface area contributed by atoms with Gasteiger partial charge in [0.2, 0.25) is 0 Å². The van der Waals surface area contributed by atoms with Gasteiger partial charge in [0.05, 0.1) is 5.70 Å². The fourth-order valence-corrected chi connectivity index (χ4v) is 2.17. The number of carbonyl (C=O) groups is 1. The van der Waals surface area contributed by atoms with Crippen LogP contribution in [0.5, 0.6) is 0 Å². The quantitative estimate of drug-likeness (QED) is 0.572. The second-order valence-electron chi connectivity index (χ2n) is 5.05. The van der Waals surface area contributed by atoms with Crippen LogP contribution in [0.3, 0.4) is 0 Å². The molecule has 17 heavy (non-hydrogen) atoms. The van der Waals surface area contributed by atoms with Crippen LogP contribution in [0.4, 0.5) is 0 Å². The molecule has 0 radical (unpaired) electrons. The summed E-state index contributed by atoms with van der Waals surface area (Å²) in [6, 6.07) is 0. The molecular formula is C14H24N2O. The van der Waals surface area contributed by atoms with Crippen LogP contribution in [0.25, 0.3) is 0 Å². The molecular weight excluding hydrogens is 212 g/mol. The van der Waals surface area contributed by atoms with Crippen molar-refractivity contribution in [3.63, 3.8) is 0 Å². The molecule has 0 aromatic rings. The molecule has 1 rings (SSSR count). The number of carbonyl (C=O) groups excluding carboxylic acids is 1. The first-order valence-electron chi connectivity index (χ1n) is 6.84. The predicted octanol–water partition coefficient (Wildman–Crippen LogP) is 4.50. The van der Waals surface area contributed by atoms with E-state index in [2.05, 4.69) is 31.0 Å². The minimum atomic E-state index is -0.190. The van der Waals surface area contributed by atoms with E-state index >= 15 is 0 Å². The topological polar surface area (TPSA) is 41.8 Å².